The third-order valence-corrected chi connectivity index (χ3v) is 4.01. The van der Waals surface area contributed by atoms with E-state index in [9.17, 15) is 9.59 Å². The van der Waals surface area contributed by atoms with Crippen molar-refractivity contribution in [2.45, 2.75) is 37.8 Å². The Morgan fingerprint density at radius 2 is 2.09 bits per heavy atom. The minimum Gasteiger partial charge on any atom is -0.482 e. The summed E-state index contributed by atoms with van der Waals surface area (Å²) in [5.41, 5.74) is 7.07. The Labute approximate surface area is 135 Å². The first-order valence-corrected chi connectivity index (χ1v) is 7.26. The molecule has 2 aliphatic rings. The zero-order valence-electron chi connectivity index (χ0n) is 12.1. The number of nitrogens with one attached hydrogen (secondary N) is 2. The molecule has 1 aromatic rings. The maximum absolute atomic E-state index is 12.3. The van der Waals surface area contributed by atoms with Gasteiger partial charge in [0.25, 0.3) is 11.8 Å². The van der Waals surface area contributed by atoms with Crippen LogP contribution in [0.15, 0.2) is 18.2 Å². The number of nitrogens with two attached hydrogens (primary N) is 1. The molecule has 1 aliphatic carbocycles. The van der Waals surface area contributed by atoms with Crippen LogP contribution in [-0.4, -0.2) is 30.5 Å². The molecule has 1 heterocycles. The minimum atomic E-state index is -0.214. The van der Waals surface area contributed by atoms with Gasteiger partial charge in [-0.1, -0.05) is 12.8 Å². The lowest BCUT2D eigenvalue weighted by atomic mass is 9.91. The standard InChI is InChI=1S/C15H19N3O3.ClH/c16-10-3-1-2-4-11(10)18-15(20)9-5-6-13-12(7-9)17-14(19)8-21-13;/h5-7,10-11H,1-4,8,16H2,(H,17,19)(H,18,20);1H/t10-,11-;/m1./s1. The fourth-order valence-corrected chi connectivity index (χ4v) is 2.81. The number of carbonyl (C=O) groups excluding carboxylic acids is 2. The molecule has 2 atom stereocenters. The highest BCUT2D eigenvalue weighted by Gasteiger charge is 2.24. The molecular weight excluding hydrogens is 306 g/mol. The van der Waals surface area contributed by atoms with Gasteiger partial charge in [-0.05, 0) is 31.0 Å². The Kier molecular flexibility index (Phi) is 5.26. The van der Waals surface area contributed by atoms with Crippen LogP contribution in [0.1, 0.15) is 36.0 Å². The SMILES string of the molecule is Cl.N[C@@H]1CCCC[C@H]1NC(=O)c1ccc2c(c1)NC(=O)CO2. The number of ether oxygens (including phenoxy) is 1. The molecule has 22 heavy (non-hydrogen) atoms. The van der Waals surface area contributed by atoms with E-state index >= 15 is 0 Å². The second kappa shape index (κ2) is 6.98. The van der Waals surface area contributed by atoms with Gasteiger partial charge < -0.3 is 21.1 Å². The van der Waals surface area contributed by atoms with Crippen LogP contribution in [0.4, 0.5) is 5.69 Å². The molecule has 0 saturated heterocycles. The van der Waals surface area contributed by atoms with E-state index in [2.05, 4.69) is 10.6 Å². The Morgan fingerprint density at radius 3 is 2.86 bits per heavy atom. The smallest absolute Gasteiger partial charge is 0.262 e. The van der Waals surface area contributed by atoms with Crippen molar-refractivity contribution in [1.82, 2.24) is 5.32 Å². The van der Waals surface area contributed by atoms with Gasteiger partial charge in [0, 0.05) is 17.6 Å². The number of carbonyl (C=O) groups is 2. The van der Waals surface area contributed by atoms with Crippen molar-refractivity contribution >= 4 is 29.9 Å². The molecule has 6 nitrogen and oxygen atoms in total. The molecule has 0 bridgehead atoms. The maximum Gasteiger partial charge on any atom is 0.262 e. The summed E-state index contributed by atoms with van der Waals surface area (Å²) in [5.74, 6) is 0.204. The lowest BCUT2D eigenvalue weighted by Gasteiger charge is -2.29. The number of benzene rings is 1. The zero-order valence-corrected chi connectivity index (χ0v) is 12.9. The van der Waals surface area contributed by atoms with Gasteiger partial charge in [-0.3, -0.25) is 9.59 Å². The number of fused-ring (bicyclic) bond motifs is 1. The van der Waals surface area contributed by atoms with E-state index in [4.69, 9.17) is 10.5 Å². The average Bonchev–Trinajstić information content (AvgIpc) is 2.48. The van der Waals surface area contributed by atoms with Crippen molar-refractivity contribution in [1.29, 1.82) is 0 Å². The third-order valence-electron chi connectivity index (χ3n) is 4.01. The molecule has 0 spiro atoms. The van der Waals surface area contributed by atoms with Crippen LogP contribution in [0.3, 0.4) is 0 Å². The van der Waals surface area contributed by atoms with E-state index in [-0.39, 0.29) is 42.9 Å². The molecule has 0 radical (unpaired) electrons. The molecular formula is C15H20ClN3O3. The monoisotopic (exact) mass is 325 g/mol. The van der Waals surface area contributed by atoms with Crippen molar-refractivity contribution in [3.63, 3.8) is 0 Å². The fraction of sp³-hybridized carbons (Fsp3) is 0.467. The van der Waals surface area contributed by atoms with Gasteiger partial charge in [-0.2, -0.15) is 0 Å². The number of halogens is 1. The van der Waals surface area contributed by atoms with E-state index in [1.165, 1.54) is 0 Å². The summed E-state index contributed by atoms with van der Waals surface area (Å²) in [6.45, 7) is 0.00940. The van der Waals surface area contributed by atoms with Crippen LogP contribution >= 0.6 is 12.4 Å². The number of amides is 2. The highest BCUT2D eigenvalue weighted by atomic mass is 35.5. The summed E-state index contributed by atoms with van der Waals surface area (Å²) in [4.78, 5) is 23.6. The molecule has 0 unspecified atom stereocenters. The van der Waals surface area contributed by atoms with Gasteiger partial charge in [0.2, 0.25) is 0 Å². The maximum atomic E-state index is 12.3. The van der Waals surface area contributed by atoms with E-state index in [0.717, 1.165) is 25.7 Å². The molecule has 0 aromatic heterocycles. The number of hydrogen-bond acceptors (Lipinski definition) is 4. The Hall–Kier alpha value is -1.79. The van der Waals surface area contributed by atoms with Crippen LogP contribution in [0.5, 0.6) is 5.75 Å². The predicted octanol–water partition coefficient (Wildman–Crippen LogP) is 1.44. The van der Waals surface area contributed by atoms with Gasteiger partial charge in [-0.25, -0.2) is 0 Å². The summed E-state index contributed by atoms with van der Waals surface area (Å²) in [5, 5.41) is 5.68. The second-order valence-electron chi connectivity index (χ2n) is 5.58. The molecule has 120 valence electrons. The van der Waals surface area contributed by atoms with Crippen LogP contribution < -0.4 is 21.1 Å². The van der Waals surface area contributed by atoms with E-state index in [1.54, 1.807) is 18.2 Å². The molecule has 4 N–H and O–H groups in total. The van der Waals surface area contributed by atoms with E-state index in [1.807, 2.05) is 0 Å². The quantitative estimate of drug-likeness (QED) is 0.767. The lowest BCUT2D eigenvalue weighted by Crippen LogP contribution is -2.49. The largest absolute Gasteiger partial charge is 0.482 e. The summed E-state index contributed by atoms with van der Waals surface area (Å²) in [6.07, 6.45) is 4.07. The van der Waals surface area contributed by atoms with Gasteiger partial charge in [0.1, 0.15) is 5.75 Å². The number of anilines is 1. The minimum absolute atomic E-state index is 0. The number of hydrogen-bond donors (Lipinski definition) is 3. The molecule has 2 amide bonds. The van der Waals surface area contributed by atoms with Crippen molar-refractivity contribution in [2.24, 2.45) is 5.73 Å². The summed E-state index contributed by atoms with van der Waals surface area (Å²) in [7, 11) is 0. The molecule has 1 fully saturated rings. The second-order valence-corrected chi connectivity index (χ2v) is 5.58. The topological polar surface area (TPSA) is 93.5 Å². The van der Waals surface area contributed by atoms with Crippen LogP contribution in [-0.2, 0) is 4.79 Å². The Balaban J connectivity index is 0.00000176. The molecule has 1 saturated carbocycles. The Bertz CT molecular complexity index is 579. The van der Waals surface area contributed by atoms with E-state index < -0.39 is 0 Å². The summed E-state index contributed by atoms with van der Waals surface area (Å²) < 4.78 is 5.27. The van der Waals surface area contributed by atoms with Crippen molar-refractivity contribution in [3.05, 3.63) is 23.8 Å². The first kappa shape index (κ1) is 16.6. The van der Waals surface area contributed by atoms with E-state index in [0.29, 0.717) is 17.0 Å². The van der Waals surface area contributed by atoms with Gasteiger partial charge in [0.05, 0.1) is 5.69 Å². The van der Waals surface area contributed by atoms with Crippen molar-refractivity contribution < 1.29 is 14.3 Å². The van der Waals surface area contributed by atoms with Crippen molar-refractivity contribution in [2.75, 3.05) is 11.9 Å². The third kappa shape index (κ3) is 3.51. The Morgan fingerprint density at radius 1 is 1.32 bits per heavy atom. The highest BCUT2D eigenvalue weighted by Crippen LogP contribution is 2.28. The molecule has 1 aliphatic heterocycles. The zero-order chi connectivity index (χ0) is 14.8. The predicted molar refractivity (Wildman–Crippen MR) is 85.5 cm³/mol. The highest BCUT2D eigenvalue weighted by molar-refractivity contribution is 5.99. The first-order valence-electron chi connectivity index (χ1n) is 7.26. The fourth-order valence-electron chi connectivity index (χ4n) is 2.81. The molecule has 7 heteroatoms. The lowest BCUT2D eigenvalue weighted by molar-refractivity contribution is -0.118. The normalized spacial score (nSPS) is 23.4. The molecule has 3 rings (SSSR count). The van der Waals surface area contributed by atoms with Crippen molar-refractivity contribution in [3.8, 4) is 5.75 Å². The van der Waals surface area contributed by atoms with Gasteiger partial charge in [0.15, 0.2) is 6.61 Å². The van der Waals surface area contributed by atoms with Crippen LogP contribution in [0, 0.1) is 0 Å². The number of rotatable bonds is 2. The van der Waals surface area contributed by atoms with Gasteiger partial charge in [-0.15, -0.1) is 12.4 Å². The van der Waals surface area contributed by atoms with Crippen LogP contribution in [0.2, 0.25) is 0 Å². The molecule has 1 aromatic carbocycles. The summed E-state index contributed by atoms with van der Waals surface area (Å²) in [6, 6.07) is 5.07. The first-order chi connectivity index (χ1) is 10.1. The average molecular weight is 326 g/mol. The summed E-state index contributed by atoms with van der Waals surface area (Å²) >= 11 is 0. The van der Waals surface area contributed by atoms with Gasteiger partial charge >= 0.3 is 0 Å². The van der Waals surface area contributed by atoms with Crippen LogP contribution in [0.25, 0.3) is 0 Å².